The Morgan fingerprint density at radius 1 is 1.20 bits per heavy atom. The number of aliphatic carboxylic acids is 1. The Kier molecular flexibility index (Phi) is 5.98. The number of fused-ring (bicyclic) bond motifs is 2. The Labute approximate surface area is 119 Å². The number of carboxylic acid groups (broad SMARTS) is 1. The molecule has 2 bridgehead atoms. The van der Waals surface area contributed by atoms with E-state index in [1.54, 1.807) is 0 Å². The lowest BCUT2D eigenvalue weighted by Crippen LogP contribution is -2.27. The van der Waals surface area contributed by atoms with Crippen molar-refractivity contribution in [1.82, 2.24) is 0 Å². The number of ether oxygens (including phenoxy) is 2. The Hall–Kier alpha value is -0.940. The van der Waals surface area contributed by atoms with Crippen molar-refractivity contribution in [3.05, 3.63) is 0 Å². The van der Waals surface area contributed by atoms with Crippen LogP contribution in [-0.2, 0) is 19.1 Å². The minimum absolute atomic E-state index is 0.209. The normalized spacial score (nSPS) is 31.6. The van der Waals surface area contributed by atoms with Crippen LogP contribution in [0, 0.1) is 11.8 Å². The van der Waals surface area contributed by atoms with Crippen molar-refractivity contribution in [3.63, 3.8) is 0 Å². The fraction of sp³-hybridized carbons (Fsp3) is 0.867. The molecule has 20 heavy (non-hydrogen) atoms. The van der Waals surface area contributed by atoms with Crippen LogP contribution in [0.2, 0.25) is 0 Å². The van der Waals surface area contributed by atoms with Gasteiger partial charge < -0.3 is 19.4 Å². The number of aldehydes is 1. The lowest BCUT2D eigenvalue weighted by atomic mass is 9.75. The van der Waals surface area contributed by atoms with E-state index in [-0.39, 0.29) is 6.61 Å². The first-order valence-electron chi connectivity index (χ1n) is 7.61. The van der Waals surface area contributed by atoms with E-state index in [9.17, 15) is 9.59 Å². The monoisotopic (exact) mass is 284 g/mol. The molecule has 0 spiro atoms. The van der Waals surface area contributed by atoms with Crippen LogP contribution < -0.4 is 0 Å². The van der Waals surface area contributed by atoms with E-state index in [0.717, 1.165) is 44.8 Å². The summed E-state index contributed by atoms with van der Waals surface area (Å²) in [5, 5.41) is 8.46. The van der Waals surface area contributed by atoms with Gasteiger partial charge in [0.25, 0.3) is 0 Å². The van der Waals surface area contributed by atoms with Gasteiger partial charge in [-0.05, 0) is 43.9 Å². The van der Waals surface area contributed by atoms with Gasteiger partial charge in [-0.2, -0.15) is 0 Å². The molecule has 0 radical (unpaired) electrons. The lowest BCUT2D eigenvalue weighted by molar-refractivity contribution is -0.142. The SMILES string of the molecule is O=CCC[C@@H]1[C@H](CCCCOCC(=O)O)[C@@H]2CC[C@H]1O2. The zero-order chi connectivity index (χ0) is 14.4. The van der Waals surface area contributed by atoms with Gasteiger partial charge in [0.1, 0.15) is 12.9 Å². The summed E-state index contributed by atoms with van der Waals surface area (Å²) in [6.07, 6.45) is 8.67. The third-order valence-electron chi connectivity index (χ3n) is 4.51. The molecule has 2 heterocycles. The Bertz CT molecular complexity index is 330. The van der Waals surface area contributed by atoms with Crippen molar-refractivity contribution < 1.29 is 24.2 Å². The maximum Gasteiger partial charge on any atom is 0.329 e. The summed E-state index contributed by atoms with van der Waals surface area (Å²) in [6, 6.07) is 0. The molecule has 0 amide bonds. The summed E-state index contributed by atoms with van der Waals surface area (Å²) in [5.74, 6) is 0.201. The maximum absolute atomic E-state index is 10.6. The fourth-order valence-electron chi connectivity index (χ4n) is 3.67. The molecule has 114 valence electrons. The highest BCUT2D eigenvalue weighted by Crippen LogP contribution is 2.47. The van der Waals surface area contributed by atoms with Crippen molar-refractivity contribution in [1.29, 1.82) is 0 Å². The molecule has 5 nitrogen and oxygen atoms in total. The molecule has 5 heteroatoms. The molecule has 0 saturated carbocycles. The predicted molar refractivity (Wildman–Crippen MR) is 72.5 cm³/mol. The van der Waals surface area contributed by atoms with Crippen LogP contribution in [0.15, 0.2) is 0 Å². The molecule has 0 aromatic carbocycles. The summed E-state index contributed by atoms with van der Waals surface area (Å²) < 4.78 is 11.0. The van der Waals surface area contributed by atoms with Gasteiger partial charge in [-0.3, -0.25) is 0 Å². The van der Waals surface area contributed by atoms with Gasteiger partial charge in [-0.25, -0.2) is 4.79 Å². The van der Waals surface area contributed by atoms with E-state index in [0.29, 0.717) is 37.1 Å². The second-order valence-corrected chi connectivity index (χ2v) is 5.80. The number of hydrogen-bond donors (Lipinski definition) is 1. The van der Waals surface area contributed by atoms with Crippen molar-refractivity contribution in [2.45, 2.75) is 57.2 Å². The van der Waals surface area contributed by atoms with Gasteiger partial charge in [0.05, 0.1) is 12.2 Å². The van der Waals surface area contributed by atoms with Crippen molar-refractivity contribution in [2.24, 2.45) is 11.8 Å². The van der Waals surface area contributed by atoms with Crippen molar-refractivity contribution in [3.8, 4) is 0 Å². The van der Waals surface area contributed by atoms with Gasteiger partial charge >= 0.3 is 5.97 Å². The Morgan fingerprint density at radius 3 is 2.55 bits per heavy atom. The van der Waals surface area contributed by atoms with Gasteiger partial charge in [-0.15, -0.1) is 0 Å². The van der Waals surface area contributed by atoms with Gasteiger partial charge in [-0.1, -0.05) is 6.42 Å². The number of carboxylic acids is 1. The maximum atomic E-state index is 10.6. The van der Waals surface area contributed by atoms with Crippen LogP contribution in [0.3, 0.4) is 0 Å². The first-order valence-corrected chi connectivity index (χ1v) is 7.61. The number of carbonyl (C=O) groups is 2. The topological polar surface area (TPSA) is 72.8 Å². The summed E-state index contributed by atoms with van der Waals surface area (Å²) in [7, 11) is 0. The summed E-state index contributed by atoms with van der Waals surface area (Å²) in [6.45, 7) is 0.298. The highest BCUT2D eigenvalue weighted by Gasteiger charge is 2.47. The highest BCUT2D eigenvalue weighted by molar-refractivity contribution is 5.67. The van der Waals surface area contributed by atoms with Crippen LogP contribution in [0.4, 0.5) is 0 Å². The van der Waals surface area contributed by atoms with E-state index in [1.807, 2.05) is 0 Å². The van der Waals surface area contributed by atoms with Crippen LogP contribution in [0.5, 0.6) is 0 Å². The molecule has 4 atom stereocenters. The Balaban J connectivity index is 1.65. The van der Waals surface area contributed by atoms with Crippen LogP contribution in [0.25, 0.3) is 0 Å². The highest BCUT2D eigenvalue weighted by atomic mass is 16.5. The third kappa shape index (κ3) is 4.03. The molecule has 0 unspecified atom stereocenters. The molecular weight excluding hydrogens is 260 g/mol. The average molecular weight is 284 g/mol. The van der Waals surface area contributed by atoms with Crippen LogP contribution in [-0.4, -0.2) is 42.8 Å². The Morgan fingerprint density at radius 2 is 1.90 bits per heavy atom. The molecule has 2 fully saturated rings. The molecule has 0 aromatic rings. The number of hydrogen-bond acceptors (Lipinski definition) is 4. The fourth-order valence-corrected chi connectivity index (χ4v) is 3.67. The van der Waals surface area contributed by atoms with E-state index in [1.165, 1.54) is 0 Å². The number of carbonyl (C=O) groups excluding carboxylic acids is 1. The molecule has 1 N–H and O–H groups in total. The minimum atomic E-state index is -0.916. The lowest BCUT2D eigenvalue weighted by Gasteiger charge is -2.27. The molecule has 0 aromatic heterocycles. The van der Waals surface area contributed by atoms with Crippen molar-refractivity contribution in [2.75, 3.05) is 13.2 Å². The zero-order valence-corrected chi connectivity index (χ0v) is 11.8. The quantitative estimate of drug-likeness (QED) is 0.491. The molecule has 2 saturated heterocycles. The van der Waals surface area contributed by atoms with Crippen LogP contribution in [0.1, 0.15) is 44.9 Å². The summed E-state index contributed by atoms with van der Waals surface area (Å²) >= 11 is 0. The van der Waals surface area contributed by atoms with E-state index in [4.69, 9.17) is 14.6 Å². The van der Waals surface area contributed by atoms with Gasteiger partial charge in [0.2, 0.25) is 0 Å². The second kappa shape index (κ2) is 7.74. The average Bonchev–Trinajstić information content (AvgIpc) is 3.01. The van der Waals surface area contributed by atoms with Gasteiger partial charge in [0.15, 0.2) is 0 Å². The molecule has 0 aliphatic carbocycles. The molecule has 2 aliphatic heterocycles. The molecular formula is C15H24O5. The van der Waals surface area contributed by atoms with E-state index >= 15 is 0 Å². The summed E-state index contributed by atoms with van der Waals surface area (Å²) in [4.78, 5) is 20.9. The first-order chi connectivity index (χ1) is 9.72. The zero-order valence-electron chi connectivity index (χ0n) is 11.8. The third-order valence-corrected chi connectivity index (χ3v) is 4.51. The number of unbranched alkanes of at least 4 members (excludes halogenated alkanes) is 1. The van der Waals surface area contributed by atoms with Crippen LogP contribution >= 0.6 is 0 Å². The van der Waals surface area contributed by atoms with E-state index in [2.05, 4.69) is 0 Å². The summed E-state index contributed by atoms with van der Waals surface area (Å²) in [5.41, 5.74) is 0. The number of rotatable bonds is 10. The van der Waals surface area contributed by atoms with E-state index < -0.39 is 5.97 Å². The standard InChI is InChI=1S/C15H24O5/c16-8-3-5-12-11(13-6-7-14(12)20-13)4-1-2-9-19-10-15(17)18/h8,11-14H,1-7,9-10H2,(H,17,18)/t11-,12+,13-,14+/m0/s1. The minimum Gasteiger partial charge on any atom is -0.480 e. The smallest absolute Gasteiger partial charge is 0.329 e. The predicted octanol–water partition coefficient (Wildman–Crippen LogP) is 2.03. The first kappa shape index (κ1) is 15.4. The van der Waals surface area contributed by atoms with Crippen molar-refractivity contribution >= 4 is 12.3 Å². The second-order valence-electron chi connectivity index (χ2n) is 5.80. The largest absolute Gasteiger partial charge is 0.480 e. The molecule has 2 aliphatic rings. The van der Waals surface area contributed by atoms with Gasteiger partial charge in [0, 0.05) is 13.0 Å². The molecule has 2 rings (SSSR count).